The quantitative estimate of drug-likeness (QED) is 0.496. The van der Waals surface area contributed by atoms with Crippen molar-refractivity contribution in [3.05, 3.63) is 0 Å². The van der Waals surface area contributed by atoms with Crippen LogP contribution in [0.4, 0.5) is 0 Å². The van der Waals surface area contributed by atoms with Gasteiger partial charge in [0.25, 0.3) is 0 Å². The molecule has 0 amide bonds. The Morgan fingerprint density at radius 2 is 1.64 bits per heavy atom. The molecule has 1 saturated carbocycles. The minimum atomic E-state index is -1.16. The largest absolute Gasteiger partial charge is 0.454 e. The van der Waals surface area contributed by atoms with Gasteiger partial charge in [0.1, 0.15) is 0 Å². The van der Waals surface area contributed by atoms with Gasteiger partial charge in [0, 0.05) is 6.61 Å². The van der Waals surface area contributed by atoms with Crippen molar-refractivity contribution in [1.82, 2.24) is 0 Å². The van der Waals surface area contributed by atoms with Crippen LogP contribution in [0.3, 0.4) is 0 Å². The average molecular weight is 158 g/mol. The third-order valence-electron chi connectivity index (χ3n) is 2.57. The van der Waals surface area contributed by atoms with Gasteiger partial charge in [0.05, 0.1) is 0 Å². The molecule has 11 heavy (non-hydrogen) atoms. The molecule has 0 unspecified atom stereocenters. The normalized spacial score (nSPS) is 31.9. The van der Waals surface area contributed by atoms with Gasteiger partial charge in [-0.15, -0.1) is 0 Å². The molecule has 0 bridgehead atoms. The Hall–Kier alpha value is -0.0551. The molecule has 0 radical (unpaired) electrons. The zero-order valence-electron chi connectivity index (χ0n) is 6.61. The van der Waals surface area contributed by atoms with E-state index >= 15 is 0 Å². The first-order chi connectivity index (χ1) is 5.24. The minimum Gasteiger partial charge on any atom is -0.427 e. The van der Waals surface area contributed by atoms with Crippen molar-refractivity contribution in [3.8, 4) is 0 Å². The fourth-order valence-corrected chi connectivity index (χ4v) is 1.67. The van der Waals surface area contributed by atoms with Crippen molar-refractivity contribution in [2.75, 3.05) is 6.61 Å². The lowest BCUT2D eigenvalue weighted by Gasteiger charge is -2.26. The second-order valence-corrected chi connectivity index (χ2v) is 3.38. The molecule has 0 aromatic rings. The summed E-state index contributed by atoms with van der Waals surface area (Å²) in [5.74, 6) is 0.433. The second-order valence-electron chi connectivity index (χ2n) is 3.38. The molecule has 0 atom stereocenters. The molecule has 3 N–H and O–H groups in total. The monoisotopic (exact) mass is 158 g/mol. The summed E-state index contributed by atoms with van der Waals surface area (Å²) in [6.45, 7) is 0.244. The third kappa shape index (κ3) is 2.47. The molecule has 0 aliphatic heterocycles. The number of hydrogen-bond acceptors (Lipinski definition) is 3. The Labute approximate surface area is 67.2 Å². The van der Waals surface area contributed by atoms with Gasteiger partial charge in [0.15, 0.2) is 0 Å². The molecular weight excluding hydrogens is 143 g/mol. The molecule has 3 nitrogen and oxygen atoms in total. The molecule has 64 valence electrons. The molecule has 1 aliphatic rings. The van der Waals surface area contributed by atoms with Gasteiger partial charge >= 0.3 is 7.12 Å². The van der Waals surface area contributed by atoms with Crippen molar-refractivity contribution in [1.29, 1.82) is 0 Å². The van der Waals surface area contributed by atoms with E-state index in [1.165, 1.54) is 0 Å². The van der Waals surface area contributed by atoms with Crippen LogP contribution in [0.1, 0.15) is 25.7 Å². The highest BCUT2D eigenvalue weighted by atomic mass is 16.4. The van der Waals surface area contributed by atoms with E-state index in [0.29, 0.717) is 5.92 Å². The van der Waals surface area contributed by atoms with Gasteiger partial charge in [-0.3, -0.25) is 0 Å². The molecule has 0 aromatic carbocycles. The first-order valence-electron chi connectivity index (χ1n) is 4.21. The first-order valence-corrected chi connectivity index (χ1v) is 4.21. The summed E-state index contributed by atoms with van der Waals surface area (Å²) < 4.78 is 0. The van der Waals surface area contributed by atoms with E-state index in [1.807, 2.05) is 0 Å². The van der Waals surface area contributed by atoms with Gasteiger partial charge in [-0.25, -0.2) is 0 Å². The van der Waals surface area contributed by atoms with Gasteiger partial charge in [-0.1, -0.05) is 12.8 Å². The summed E-state index contributed by atoms with van der Waals surface area (Å²) >= 11 is 0. The van der Waals surface area contributed by atoms with Crippen LogP contribution >= 0.6 is 0 Å². The van der Waals surface area contributed by atoms with Crippen LogP contribution in [0, 0.1) is 5.92 Å². The van der Waals surface area contributed by atoms with Crippen molar-refractivity contribution in [3.63, 3.8) is 0 Å². The highest BCUT2D eigenvalue weighted by Gasteiger charge is 2.28. The van der Waals surface area contributed by atoms with Crippen LogP contribution in [0.15, 0.2) is 0 Å². The maximum absolute atomic E-state index is 8.83. The van der Waals surface area contributed by atoms with E-state index in [4.69, 9.17) is 15.2 Å². The predicted octanol–water partition coefficient (Wildman–Crippen LogP) is 0.0119. The third-order valence-corrected chi connectivity index (χ3v) is 2.57. The zero-order chi connectivity index (χ0) is 8.27. The van der Waals surface area contributed by atoms with E-state index in [9.17, 15) is 0 Å². The van der Waals surface area contributed by atoms with Crippen LogP contribution in [0.25, 0.3) is 0 Å². The second kappa shape index (κ2) is 4.09. The van der Waals surface area contributed by atoms with E-state index in [-0.39, 0.29) is 12.4 Å². The number of aliphatic hydroxyl groups is 1. The fraction of sp³-hybridized carbons (Fsp3) is 1.00. The smallest absolute Gasteiger partial charge is 0.427 e. The van der Waals surface area contributed by atoms with Gasteiger partial charge < -0.3 is 15.2 Å². The molecule has 0 aromatic heterocycles. The van der Waals surface area contributed by atoms with Crippen molar-refractivity contribution >= 4 is 7.12 Å². The Bertz CT molecular complexity index is 110. The van der Waals surface area contributed by atoms with Crippen molar-refractivity contribution in [2.45, 2.75) is 31.5 Å². The van der Waals surface area contributed by atoms with Crippen molar-refractivity contribution in [2.24, 2.45) is 5.92 Å². The lowest BCUT2D eigenvalue weighted by molar-refractivity contribution is 0.184. The Balaban J connectivity index is 2.24. The number of hydrogen-bond donors (Lipinski definition) is 3. The Kier molecular flexibility index (Phi) is 3.36. The van der Waals surface area contributed by atoms with E-state index in [1.54, 1.807) is 0 Å². The Morgan fingerprint density at radius 1 is 1.09 bits per heavy atom. The van der Waals surface area contributed by atoms with E-state index < -0.39 is 7.12 Å². The van der Waals surface area contributed by atoms with Crippen LogP contribution < -0.4 is 0 Å². The molecular formula is C7H15BO3. The topological polar surface area (TPSA) is 60.7 Å². The summed E-state index contributed by atoms with van der Waals surface area (Å²) in [6, 6.07) is 0. The lowest BCUT2D eigenvalue weighted by Crippen LogP contribution is -2.25. The number of rotatable bonds is 2. The maximum atomic E-state index is 8.83. The van der Waals surface area contributed by atoms with Gasteiger partial charge in [-0.2, -0.15) is 0 Å². The van der Waals surface area contributed by atoms with E-state index in [2.05, 4.69) is 0 Å². The highest BCUT2D eigenvalue weighted by molar-refractivity contribution is 6.43. The number of aliphatic hydroxyl groups excluding tert-OH is 1. The first kappa shape index (κ1) is 9.04. The van der Waals surface area contributed by atoms with Crippen LogP contribution in [-0.2, 0) is 0 Å². The van der Waals surface area contributed by atoms with Gasteiger partial charge in [-0.05, 0) is 24.6 Å². The van der Waals surface area contributed by atoms with Crippen LogP contribution in [-0.4, -0.2) is 28.9 Å². The predicted molar refractivity (Wildman–Crippen MR) is 43.0 cm³/mol. The molecule has 1 fully saturated rings. The summed E-state index contributed by atoms with van der Waals surface area (Å²) in [5, 5.41) is 26.4. The lowest BCUT2D eigenvalue weighted by atomic mass is 9.63. The van der Waals surface area contributed by atoms with Gasteiger partial charge in [0.2, 0.25) is 0 Å². The van der Waals surface area contributed by atoms with E-state index in [0.717, 1.165) is 25.7 Å². The van der Waals surface area contributed by atoms with Crippen molar-refractivity contribution < 1.29 is 15.2 Å². The summed E-state index contributed by atoms with van der Waals surface area (Å²) in [4.78, 5) is 0. The fourth-order valence-electron chi connectivity index (χ4n) is 1.67. The zero-order valence-corrected chi connectivity index (χ0v) is 6.61. The summed E-state index contributed by atoms with van der Waals surface area (Å²) in [6.07, 6.45) is 3.53. The highest BCUT2D eigenvalue weighted by Crippen LogP contribution is 2.32. The molecule has 4 heteroatoms. The van der Waals surface area contributed by atoms with Crippen LogP contribution in [0.2, 0.25) is 5.82 Å². The molecule has 0 spiro atoms. The SMILES string of the molecule is OCC1CCC(B(O)O)CC1. The summed E-state index contributed by atoms with van der Waals surface area (Å²) in [7, 11) is -1.16. The Morgan fingerprint density at radius 3 is 2.00 bits per heavy atom. The molecule has 1 rings (SSSR count). The van der Waals surface area contributed by atoms with Crippen LogP contribution in [0.5, 0.6) is 0 Å². The molecule has 0 heterocycles. The summed E-state index contributed by atoms with van der Waals surface area (Å²) in [5.41, 5.74) is 0. The standard InChI is InChI=1S/C7H15BO3/c9-5-6-1-3-7(4-2-6)8(10)11/h6-7,9-11H,1-5H2. The molecule has 1 aliphatic carbocycles. The average Bonchev–Trinajstić information content (AvgIpc) is 2.05. The minimum absolute atomic E-state index is 0.0396. The molecule has 0 saturated heterocycles. The maximum Gasteiger partial charge on any atom is 0.454 e.